The number of hydrogen-bond acceptors (Lipinski definition) is 2. The number of carbonyl (C=O) groups is 2. The minimum absolute atomic E-state index is 0.204. The van der Waals surface area contributed by atoms with Gasteiger partial charge in [0.2, 0.25) is 5.91 Å². The highest BCUT2D eigenvalue weighted by molar-refractivity contribution is 6.01. The van der Waals surface area contributed by atoms with Crippen LogP contribution in [0, 0.1) is 11.7 Å². The Morgan fingerprint density at radius 1 is 1.16 bits per heavy atom. The summed E-state index contributed by atoms with van der Waals surface area (Å²) in [7, 11) is 0. The number of benzene rings is 2. The predicted octanol–water partition coefficient (Wildman–Crippen LogP) is 3.76. The molecule has 130 valence electrons. The lowest BCUT2D eigenvalue weighted by Gasteiger charge is -2.17. The van der Waals surface area contributed by atoms with Crippen molar-refractivity contribution >= 4 is 17.6 Å². The lowest BCUT2D eigenvalue weighted by molar-refractivity contribution is -0.141. The summed E-state index contributed by atoms with van der Waals surface area (Å²) in [5, 5.41) is 11.8. The quantitative estimate of drug-likeness (QED) is 0.841. The molecular weight excluding hydrogens is 321 g/mol. The smallest absolute Gasteiger partial charge is 0.306 e. The van der Waals surface area contributed by atoms with Crippen LogP contribution in [0.4, 0.5) is 10.1 Å². The van der Waals surface area contributed by atoms with Gasteiger partial charge in [0.25, 0.3) is 0 Å². The third-order valence-corrected chi connectivity index (χ3v) is 4.75. The number of carboxylic acids is 1. The monoisotopic (exact) mass is 341 g/mol. The Balaban J connectivity index is 1.69. The van der Waals surface area contributed by atoms with Gasteiger partial charge in [-0.25, -0.2) is 4.39 Å². The number of carboxylic acid groups (broad SMARTS) is 1. The molecule has 2 aromatic rings. The zero-order valence-corrected chi connectivity index (χ0v) is 14.0. The highest BCUT2D eigenvalue weighted by Gasteiger charge is 2.52. The van der Waals surface area contributed by atoms with Crippen molar-refractivity contribution in [1.29, 1.82) is 0 Å². The molecular formula is C20H20FNO3. The number of anilines is 1. The maximum Gasteiger partial charge on any atom is 0.306 e. The Kier molecular flexibility index (Phi) is 4.57. The van der Waals surface area contributed by atoms with Crippen LogP contribution >= 0.6 is 0 Å². The van der Waals surface area contributed by atoms with Gasteiger partial charge in [-0.05, 0) is 43.0 Å². The molecule has 0 aromatic heterocycles. The van der Waals surface area contributed by atoms with E-state index >= 15 is 0 Å². The first-order valence-electron chi connectivity index (χ1n) is 8.30. The molecule has 4 nitrogen and oxygen atoms in total. The predicted molar refractivity (Wildman–Crippen MR) is 92.9 cm³/mol. The first kappa shape index (κ1) is 17.1. The number of nitrogens with one attached hydrogen (secondary N) is 1. The zero-order valence-electron chi connectivity index (χ0n) is 14.0. The van der Waals surface area contributed by atoms with Crippen molar-refractivity contribution in [3.63, 3.8) is 0 Å². The van der Waals surface area contributed by atoms with Gasteiger partial charge in [-0.1, -0.05) is 37.3 Å². The van der Waals surface area contributed by atoms with E-state index in [1.54, 1.807) is 49.4 Å². The number of carbonyl (C=O) groups excluding carboxylic acids is 1. The summed E-state index contributed by atoms with van der Waals surface area (Å²) >= 11 is 0. The Labute approximate surface area is 145 Å². The molecule has 1 unspecified atom stereocenters. The minimum Gasteiger partial charge on any atom is -0.481 e. The van der Waals surface area contributed by atoms with E-state index in [1.165, 1.54) is 6.07 Å². The molecule has 3 rings (SSSR count). The van der Waals surface area contributed by atoms with E-state index < -0.39 is 17.3 Å². The highest BCUT2D eigenvalue weighted by atomic mass is 19.1. The molecule has 25 heavy (non-hydrogen) atoms. The van der Waals surface area contributed by atoms with Crippen molar-refractivity contribution in [3.8, 4) is 0 Å². The SMILES string of the molecule is CC(Cc1ccc(NC(=O)C2(c3ccccc3F)CC2)cc1)C(=O)O. The van der Waals surface area contributed by atoms with E-state index in [0.717, 1.165) is 5.56 Å². The summed E-state index contributed by atoms with van der Waals surface area (Å²) in [6.45, 7) is 1.66. The fraction of sp³-hybridized carbons (Fsp3) is 0.300. The average Bonchev–Trinajstić information content (AvgIpc) is 3.38. The third kappa shape index (κ3) is 3.55. The van der Waals surface area contributed by atoms with Crippen molar-refractivity contribution in [2.75, 3.05) is 5.32 Å². The molecule has 0 bridgehead atoms. The molecule has 1 amide bonds. The molecule has 1 saturated carbocycles. The average molecular weight is 341 g/mol. The van der Waals surface area contributed by atoms with Crippen LogP contribution in [0.1, 0.15) is 30.9 Å². The van der Waals surface area contributed by atoms with Gasteiger partial charge >= 0.3 is 5.97 Å². The number of hydrogen-bond donors (Lipinski definition) is 2. The van der Waals surface area contributed by atoms with Crippen LogP contribution in [-0.2, 0) is 21.4 Å². The third-order valence-electron chi connectivity index (χ3n) is 4.75. The summed E-state index contributed by atoms with van der Waals surface area (Å²) < 4.78 is 14.0. The Morgan fingerprint density at radius 2 is 1.80 bits per heavy atom. The van der Waals surface area contributed by atoms with Gasteiger partial charge in [0, 0.05) is 11.3 Å². The van der Waals surface area contributed by atoms with Crippen molar-refractivity contribution in [2.24, 2.45) is 5.92 Å². The summed E-state index contributed by atoms with van der Waals surface area (Å²) in [5.41, 5.74) is 1.18. The summed E-state index contributed by atoms with van der Waals surface area (Å²) in [5.74, 6) is -1.86. The molecule has 0 saturated heterocycles. The van der Waals surface area contributed by atoms with Gasteiger partial charge in [0.15, 0.2) is 0 Å². The molecule has 2 N–H and O–H groups in total. The molecule has 0 aliphatic heterocycles. The molecule has 0 heterocycles. The molecule has 0 radical (unpaired) electrons. The molecule has 1 atom stereocenters. The van der Waals surface area contributed by atoms with Crippen LogP contribution in [0.25, 0.3) is 0 Å². The van der Waals surface area contributed by atoms with E-state index in [4.69, 9.17) is 5.11 Å². The Hall–Kier alpha value is -2.69. The first-order chi connectivity index (χ1) is 11.9. The largest absolute Gasteiger partial charge is 0.481 e. The van der Waals surface area contributed by atoms with Gasteiger partial charge < -0.3 is 10.4 Å². The fourth-order valence-electron chi connectivity index (χ4n) is 3.01. The van der Waals surface area contributed by atoms with Crippen molar-refractivity contribution in [2.45, 2.75) is 31.6 Å². The maximum atomic E-state index is 14.0. The number of amides is 1. The van der Waals surface area contributed by atoms with E-state index in [2.05, 4.69) is 5.32 Å². The van der Waals surface area contributed by atoms with Crippen LogP contribution < -0.4 is 5.32 Å². The standard InChI is InChI=1S/C20H20FNO3/c1-13(18(23)24)12-14-6-8-15(9-7-14)22-19(25)20(10-11-20)16-4-2-3-5-17(16)21/h2-9,13H,10-12H2,1H3,(H,22,25)(H,23,24). The fourth-order valence-corrected chi connectivity index (χ4v) is 3.01. The van der Waals surface area contributed by atoms with Gasteiger partial charge in [0.05, 0.1) is 11.3 Å². The van der Waals surface area contributed by atoms with E-state index in [1.807, 2.05) is 0 Å². The molecule has 2 aromatic carbocycles. The molecule has 1 aliphatic carbocycles. The van der Waals surface area contributed by atoms with Crippen LogP contribution in [0.15, 0.2) is 48.5 Å². The zero-order chi connectivity index (χ0) is 18.0. The van der Waals surface area contributed by atoms with Crippen LogP contribution in [0.2, 0.25) is 0 Å². The van der Waals surface area contributed by atoms with E-state index in [0.29, 0.717) is 30.5 Å². The number of aliphatic carboxylic acids is 1. The van der Waals surface area contributed by atoms with Gasteiger partial charge in [-0.3, -0.25) is 9.59 Å². The summed E-state index contributed by atoms with van der Waals surface area (Å²) in [6.07, 6.45) is 1.70. The highest BCUT2D eigenvalue weighted by Crippen LogP contribution is 2.49. The topological polar surface area (TPSA) is 66.4 Å². The summed E-state index contributed by atoms with van der Waals surface area (Å²) in [4.78, 5) is 23.6. The lowest BCUT2D eigenvalue weighted by atomic mass is 9.94. The minimum atomic E-state index is -0.835. The molecule has 1 aliphatic rings. The second kappa shape index (κ2) is 6.67. The Morgan fingerprint density at radius 3 is 2.36 bits per heavy atom. The first-order valence-corrected chi connectivity index (χ1v) is 8.30. The molecule has 5 heteroatoms. The van der Waals surface area contributed by atoms with Crippen LogP contribution in [0.5, 0.6) is 0 Å². The normalized spacial score (nSPS) is 16.1. The van der Waals surface area contributed by atoms with Gasteiger partial charge in [0.1, 0.15) is 5.82 Å². The van der Waals surface area contributed by atoms with Crippen molar-refractivity contribution in [3.05, 3.63) is 65.5 Å². The molecule has 0 spiro atoms. The second-order valence-electron chi connectivity index (χ2n) is 6.66. The van der Waals surface area contributed by atoms with E-state index in [9.17, 15) is 14.0 Å². The number of rotatable bonds is 6. The van der Waals surface area contributed by atoms with Crippen molar-refractivity contribution < 1.29 is 19.1 Å². The van der Waals surface area contributed by atoms with Gasteiger partial charge in [-0.2, -0.15) is 0 Å². The van der Waals surface area contributed by atoms with Crippen LogP contribution in [0.3, 0.4) is 0 Å². The van der Waals surface area contributed by atoms with Gasteiger partial charge in [-0.15, -0.1) is 0 Å². The number of halogens is 1. The maximum absolute atomic E-state index is 14.0. The van der Waals surface area contributed by atoms with E-state index in [-0.39, 0.29) is 11.7 Å². The second-order valence-corrected chi connectivity index (χ2v) is 6.66. The van der Waals surface area contributed by atoms with Crippen LogP contribution in [-0.4, -0.2) is 17.0 Å². The van der Waals surface area contributed by atoms with Crippen molar-refractivity contribution in [1.82, 2.24) is 0 Å². The summed E-state index contributed by atoms with van der Waals surface area (Å²) in [6, 6.07) is 13.5. The molecule has 1 fully saturated rings. The Bertz CT molecular complexity index is 797. The lowest BCUT2D eigenvalue weighted by Crippen LogP contribution is -2.28.